The van der Waals surface area contributed by atoms with Crippen LogP contribution in [0.15, 0.2) is 17.2 Å². The zero-order valence-electron chi connectivity index (χ0n) is 21.7. The first kappa shape index (κ1) is 30.3. The summed E-state index contributed by atoms with van der Waals surface area (Å²) in [4.78, 5) is 31.6. The van der Waals surface area contributed by atoms with Gasteiger partial charge in [0.05, 0.1) is 0 Å². The molecule has 0 atom stereocenters. The van der Waals surface area contributed by atoms with Crippen LogP contribution in [0.25, 0.3) is 0 Å². The Hall–Kier alpha value is -1.85. The van der Waals surface area contributed by atoms with E-state index in [0.29, 0.717) is 17.8 Å². The van der Waals surface area contributed by atoms with E-state index < -0.39 is 0 Å². The summed E-state index contributed by atoms with van der Waals surface area (Å²) < 4.78 is 1.71. The van der Waals surface area contributed by atoms with Gasteiger partial charge >= 0.3 is 6.03 Å². The first-order valence-corrected chi connectivity index (χ1v) is 11.7. The van der Waals surface area contributed by atoms with Gasteiger partial charge in [0.25, 0.3) is 5.56 Å². The highest BCUT2D eigenvalue weighted by molar-refractivity contribution is 5.75. The van der Waals surface area contributed by atoms with Gasteiger partial charge in [0.2, 0.25) is 0 Å². The van der Waals surface area contributed by atoms with E-state index >= 15 is 0 Å². The molecule has 1 aliphatic heterocycles. The third-order valence-corrected chi connectivity index (χ3v) is 4.53. The molecular weight excluding hydrogens is 376 g/mol. The Balaban J connectivity index is 0. The zero-order chi connectivity index (χ0) is 24.0. The van der Waals surface area contributed by atoms with Gasteiger partial charge in [0, 0.05) is 49.5 Å². The van der Waals surface area contributed by atoms with Crippen LogP contribution in [-0.2, 0) is 0 Å². The Morgan fingerprint density at radius 3 is 1.53 bits per heavy atom. The Bertz CT molecular complexity index is 589. The molecule has 6 heteroatoms. The van der Waals surface area contributed by atoms with Crippen molar-refractivity contribution in [3.63, 3.8) is 0 Å². The molecule has 1 aliphatic rings. The van der Waals surface area contributed by atoms with E-state index in [-0.39, 0.29) is 23.6 Å². The van der Waals surface area contributed by atoms with Crippen molar-refractivity contribution in [2.75, 3.05) is 13.1 Å². The van der Waals surface area contributed by atoms with Crippen molar-refractivity contribution in [3.05, 3.63) is 28.4 Å². The van der Waals surface area contributed by atoms with Gasteiger partial charge in [0.1, 0.15) is 5.69 Å². The number of urea groups is 1. The molecule has 2 rings (SSSR count). The van der Waals surface area contributed by atoms with Crippen LogP contribution in [0.4, 0.5) is 4.79 Å². The van der Waals surface area contributed by atoms with Crippen molar-refractivity contribution < 1.29 is 4.79 Å². The minimum Gasteiger partial charge on any atom is -0.322 e. The van der Waals surface area contributed by atoms with Crippen LogP contribution in [0, 0.1) is 0 Å². The largest absolute Gasteiger partial charge is 0.322 e. The molecule has 6 nitrogen and oxygen atoms in total. The number of amides is 2. The monoisotopic (exact) mass is 424 g/mol. The van der Waals surface area contributed by atoms with Crippen LogP contribution in [0.5, 0.6) is 0 Å². The molecule has 0 bridgehead atoms. The Kier molecular flexibility index (Phi) is 16.1. The molecule has 0 unspecified atom stereocenters. The normalized spacial score (nSPS) is 13.5. The summed E-state index contributed by atoms with van der Waals surface area (Å²) in [7, 11) is 0. The third kappa shape index (κ3) is 9.31. The standard InChI is InChI=1S/C10H20N2O.C10H16N2O.2C2H6/c1-8(2)11-6-5-7-12(9(3)4)10(11)13;1-7(2)9-10(13)12(8(3)4)6-5-11-9;2*1-2/h8-9H,5-7H2,1-4H3;5-8H,1-4H3;2*1-2H3. The molecule has 0 N–H and O–H groups in total. The second-order valence-corrected chi connectivity index (χ2v) is 7.98. The first-order chi connectivity index (χ1) is 14.1. The highest BCUT2D eigenvalue weighted by Gasteiger charge is 2.28. The van der Waals surface area contributed by atoms with Crippen molar-refractivity contribution in [2.45, 2.75) is 114 Å². The molecule has 0 spiro atoms. The maximum Gasteiger partial charge on any atom is 0.320 e. The molecule has 1 aromatic heterocycles. The molecule has 2 amide bonds. The maximum atomic E-state index is 11.9. The van der Waals surface area contributed by atoms with Crippen LogP contribution >= 0.6 is 0 Å². The van der Waals surface area contributed by atoms with Crippen molar-refractivity contribution in [1.82, 2.24) is 19.4 Å². The molecule has 1 saturated heterocycles. The predicted molar refractivity (Wildman–Crippen MR) is 129 cm³/mol. The quantitative estimate of drug-likeness (QED) is 0.602. The Morgan fingerprint density at radius 1 is 0.767 bits per heavy atom. The van der Waals surface area contributed by atoms with E-state index in [0.717, 1.165) is 19.5 Å². The minimum atomic E-state index is 0.0347. The van der Waals surface area contributed by atoms with E-state index in [4.69, 9.17) is 0 Å². The Morgan fingerprint density at radius 2 is 1.20 bits per heavy atom. The van der Waals surface area contributed by atoms with E-state index in [2.05, 4.69) is 32.7 Å². The van der Waals surface area contributed by atoms with E-state index in [1.807, 2.05) is 65.2 Å². The van der Waals surface area contributed by atoms with Gasteiger partial charge < -0.3 is 14.4 Å². The summed E-state index contributed by atoms with van der Waals surface area (Å²) in [6.45, 7) is 26.1. The fourth-order valence-corrected chi connectivity index (χ4v) is 2.97. The number of hydrogen-bond donors (Lipinski definition) is 0. The van der Waals surface area contributed by atoms with Crippen LogP contribution in [0.1, 0.15) is 107 Å². The van der Waals surface area contributed by atoms with Gasteiger partial charge in [-0.05, 0) is 48.0 Å². The molecule has 0 aliphatic carbocycles. The lowest BCUT2D eigenvalue weighted by Crippen LogP contribution is -2.53. The van der Waals surface area contributed by atoms with Crippen molar-refractivity contribution in [1.29, 1.82) is 0 Å². The highest BCUT2D eigenvalue weighted by atomic mass is 16.2. The molecule has 1 fully saturated rings. The van der Waals surface area contributed by atoms with Crippen LogP contribution < -0.4 is 5.56 Å². The van der Waals surface area contributed by atoms with Crippen molar-refractivity contribution in [3.8, 4) is 0 Å². The number of carbonyl (C=O) groups excluding carboxylic acids is 1. The third-order valence-electron chi connectivity index (χ3n) is 4.53. The molecule has 0 radical (unpaired) electrons. The fraction of sp³-hybridized carbons (Fsp3) is 0.792. The van der Waals surface area contributed by atoms with Crippen molar-refractivity contribution in [2.24, 2.45) is 0 Å². The minimum absolute atomic E-state index is 0.0347. The summed E-state index contributed by atoms with van der Waals surface area (Å²) in [5.41, 5.74) is 0.684. The SMILES string of the molecule is CC.CC.CC(C)N1CCCN(C(C)C)C1=O.CC(C)c1nccn(C(C)C)c1=O. The van der Waals surface area contributed by atoms with Crippen LogP contribution in [0.3, 0.4) is 0 Å². The first-order valence-electron chi connectivity index (χ1n) is 11.7. The number of nitrogens with zero attached hydrogens (tertiary/aromatic N) is 4. The molecular formula is C24H48N4O2. The number of aromatic nitrogens is 2. The van der Waals surface area contributed by atoms with Crippen LogP contribution in [0.2, 0.25) is 0 Å². The van der Waals surface area contributed by atoms with E-state index in [1.165, 1.54) is 0 Å². The van der Waals surface area contributed by atoms with Gasteiger partial charge in [0.15, 0.2) is 0 Å². The Labute approximate surface area is 185 Å². The molecule has 176 valence electrons. The van der Waals surface area contributed by atoms with Gasteiger partial charge in [-0.2, -0.15) is 0 Å². The summed E-state index contributed by atoms with van der Waals surface area (Å²) >= 11 is 0. The lowest BCUT2D eigenvalue weighted by molar-refractivity contribution is 0.103. The average Bonchev–Trinajstić information content (AvgIpc) is 2.71. The van der Waals surface area contributed by atoms with Gasteiger partial charge in [-0.15, -0.1) is 0 Å². The van der Waals surface area contributed by atoms with E-state index in [9.17, 15) is 9.59 Å². The maximum absolute atomic E-state index is 11.9. The van der Waals surface area contributed by atoms with Gasteiger partial charge in [-0.25, -0.2) is 4.79 Å². The van der Waals surface area contributed by atoms with Gasteiger partial charge in [-0.3, -0.25) is 9.78 Å². The number of carbonyl (C=O) groups is 1. The average molecular weight is 425 g/mol. The predicted octanol–water partition coefficient (Wildman–Crippen LogP) is 5.93. The molecule has 0 saturated carbocycles. The molecule has 2 heterocycles. The summed E-state index contributed by atoms with van der Waals surface area (Å²) in [5.74, 6) is 0.193. The molecule has 30 heavy (non-hydrogen) atoms. The summed E-state index contributed by atoms with van der Waals surface area (Å²) in [5, 5.41) is 0. The lowest BCUT2D eigenvalue weighted by atomic mass is 10.1. The van der Waals surface area contributed by atoms with Gasteiger partial charge in [-0.1, -0.05) is 41.5 Å². The summed E-state index contributed by atoms with van der Waals surface area (Å²) in [6.07, 6.45) is 4.53. The second kappa shape index (κ2) is 15.9. The number of rotatable bonds is 4. The lowest BCUT2D eigenvalue weighted by Gasteiger charge is -2.39. The number of hydrogen-bond acceptors (Lipinski definition) is 3. The molecule has 1 aromatic rings. The smallest absolute Gasteiger partial charge is 0.320 e. The second-order valence-electron chi connectivity index (χ2n) is 7.98. The topological polar surface area (TPSA) is 58.4 Å². The molecule has 0 aromatic carbocycles. The van der Waals surface area contributed by atoms with Crippen molar-refractivity contribution >= 4 is 6.03 Å². The fourth-order valence-electron chi connectivity index (χ4n) is 2.97. The summed E-state index contributed by atoms with van der Waals surface area (Å²) in [6, 6.07) is 1.06. The van der Waals surface area contributed by atoms with Crippen LogP contribution in [-0.4, -0.2) is 50.6 Å². The zero-order valence-corrected chi connectivity index (χ0v) is 21.7. The van der Waals surface area contributed by atoms with E-state index in [1.54, 1.807) is 17.0 Å². The highest BCUT2D eigenvalue weighted by Crippen LogP contribution is 2.14.